The van der Waals surface area contributed by atoms with Gasteiger partial charge < -0.3 is 10.3 Å². The summed E-state index contributed by atoms with van der Waals surface area (Å²) in [7, 11) is 2.04. The van der Waals surface area contributed by atoms with Crippen LogP contribution in [0.15, 0.2) is 6.20 Å². The van der Waals surface area contributed by atoms with Crippen molar-refractivity contribution in [1.29, 1.82) is 0 Å². The van der Waals surface area contributed by atoms with Gasteiger partial charge in [0.2, 0.25) is 0 Å². The Bertz CT molecular complexity index is 528. The van der Waals surface area contributed by atoms with E-state index in [1.807, 2.05) is 7.05 Å². The van der Waals surface area contributed by atoms with E-state index in [1.165, 1.54) is 10.9 Å². The van der Waals surface area contributed by atoms with Crippen LogP contribution in [0.2, 0.25) is 0 Å². The minimum Gasteiger partial charge on any atom is -0.335 e. The van der Waals surface area contributed by atoms with E-state index in [0.29, 0.717) is 6.54 Å². The minimum absolute atomic E-state index is 0.664. The highest BCUT2D eigenvalue weighted by Gasteiger charge is 2.13. The average Bonchev–Trinajstić information content (AvgIpc) is 2.66. The maximum Gasteiger partial charge on any atom is 0.143 e. The van der Waals surface area contributed by atoms with Gasteiger partial charge in [-0.2, -0.15) is 0 Å². The second-order valence-corrected chi connectivity index (χ2v) is 4.30. The van der Waals surface area contributed by atoms with Crippen LogP contribution in [0.5, 0.6) is 0 Å². The van der Waals surface area contributed by atoms with E-state index < -0.39 is 0 Å². The zero-order chi connectivity index (χ0) is 12.4. The Hall–Kier alpha value is -1.42. The summed E-state index contributed by atoms with van der Waals surface area (Å²) < 4.78 is 2.08. The fourth-order valence-corrected chi connectivity index (χ4v) is 2.25. The smallest absolute Gasteiger partial charge is 0.143 e. The molecule has 0 fully saturated rings. The van der Waals surface area contributed by atoms with Crippen molar-refractivity contribution in [3.63, 3.8) is 0 Å². The van der Waals surface area contributed by atoms with Gasteiger partial charge in [0.1, 0.15) is 11.5 Å². The molecular formula is C13H20N4. The van der Waals surface area contributed by atoms with Gasteiger partial charge >= 0.3 is 0 Å². The monoisotopic (exact) mass is 232 g/mol. The predicted octanol–water partition coefficient (Wildman–Crippen LogP) is 1.59. The molecule has 0 radical (unpaired) electrons. The summed E-state index contributed by atoms with van der Waals surface area (Å²) in [6.07, 6.45) is 4.83. The van der Waals surface area contributed by atoms with E-state index in [2.05, 4.69) is 34.6 Å². The Kier molecular flexibility index (Phi) is 3.43. The van der Waals surface area contributed by atoms with Crippen LogP contribution >= 0.6 is 0 Å². The van der Waals surface area contributed by atoms with E-state index in [9.17, 15) is 0 Å². The molecule has 0 aliphatic heterocycles. The summed E-state index contributed by atoms with van der Waals surface area (Å²) in [5.41, 5.74) is 9.11. The van der Waals surface area contributed by atoms with Crippen LogP contribution in [0, 0.1) is 0 Å². The van der Waals surface area contributed by atoms with E-state index in [-0.39, 0.29) is 0 Å². The largest absolute Gasteiger partial charge is 0.335 e. The van der Waals surface area contributed by atoms with Gasteiger partial charge in [-0.15, -0.1) is 0 Å². The molecule has 0 aliphatic rings. The Morgan fingerprint density at radius 1 is 1.24 bits per heavy atom. The lowest BCUT2D eigenvalue weighted by molar-refractivity contribution is 0.878. The molecule has 2 rings (SSSR count). The number of aromatic nitrogens is 3. The summed E-state index contributed by atoms with van der Waals surface area (Å²) in [5.74, 6) is 0.926. The quantitative estimate of drug-likeness (QED) is 0.871. The van der Waals surface area contributed by atoms with Crippen molar-refractivity contribution >= 4 is 11.0 Å². The standard InChI is InChI=1S/C13H20N4/c1-4-10-12-9(6-7-14)8-17(3)13(12)16-11(5-2)15-10/h8H,4-7,14H2,1-3H3. The zero-order valence-corrected chi connectivity index (χ0v) is 10.8. The molecule has 4 heteroatoms. The van der Waals surface area contributed by atoms with Gasteiger partial charge in [-0.25, -0.2) is 9.97 Å². The first-order chi connectivity index (χ1) is 8.21. The highest BCUT2D eigenvalue weighted by Crippen LogP contribution is 2.23. The SMILES string of the molecule is CCc1nc(CC)c2c(CCN)cn(C)c2n1. The van der Waals surface area contributed by atoms with Crippen LogP contribution in [0.25, 0.3) is 11.0 Å². The van der Waals surface area contributed by atoms with Gasteiger partial charge in [0.15, 0.2) is 0 Å². The molecule has 17 heavy (non-hydrogen) atoms. The van der Waals surface area contributed by atoms with Gasteiger partial charge in [0, 0.05) is 25.1 Å². The van der Waals surface area contributed by atoms with Gasteiger partial charge in [0.25, 0.3) is 0 Å². The number of nitrogens with two attached hydrogens (primary N) is 1. The van der Waals surface area contributed by atoms with Gasteiger partial charge in [-0.05, 0) is 24.9 Å². The Morgan fingerprint density at radius 2 is 2.00 bits per heavy atom. The van der Waals surface area contributed by atoms with Crippen LogP contribution < -0.4 is 5.73 Å². The van der Waals surface area contributed by atoms with Crippen LogP contribution in [0.3, 0.4) is 0 Å². The molecule has 2 aromatic heterocycles. The molecule has 0 saturated carbocycles. The van der Waals surface area contributed by atoms with E-state index in [1.54, 1.807) is 0 Å². The predicted molar refractivity (Wildman–Crippen MR) is 70.0 cm³/mol. The first-order valence-corrected chi connectivity index (χ1v) is 6.25. The van der Waals surface area contributed by atoms with E-state index >= 15 is 0 Å². The Balaban J connectivity index is 2.72. The maximum absolute atomic E-state index is 5.66. The number of nitrogens with zero attached hydrogens (tertiary/aromatic N) is 3. The van der Waals surface area contributed by atoms with Crippen molar-refractivity contribution in [3.05, 3.63) is 23.3 Å². The molecule has 0 bridgehead atoms. The molecule has 2 aromatic rings. The third-order valence-electron chi connectivity index (χ3n) is 3.08. The first-order valence-electron chi connectivity index (χ1n) is 6.25. The summed E-state index contributed by atoms with van der Waals surface area (Å²) >= 11 is 0. The summed E-state index contributed by atoms with van der Waals surface area (Å²) in [6, 6.07) is 0. The Morgan fingerprint density at radius 3 is 2.59 bits per heavy atom. The molecule has 0 saturated heterocycles. The van der Waals surface area contributed by atoms with Crippen molar-refractivity contribution in [1.82, 2.24) is 14.5 Å². The first kappa shape index (κ1) is 12.0. The van der Waals surface area contributed by atoms with E-state index in [0.717, 1.165) is 36.4 Å². The van der Waals surface area contributed by atoms with E-state index in [4.69, 9.17) is 5.73 Å². The molecular weight excluding hydrogens is 212 g/mol. The fourth-order valence-electron chi connectivity index (χ4n) is 2.25. The molecule has 0 spiro atoms. The second-order valence-electron chi connectivity index (χ2n) is 4.30. The van der Waals surface area contributed by atoms with Crippen LogP contribution in [0.1, 0.15) is 30.9 Å². The molecule has 2 heterocycles. The fraction of sp³-hybridized carbons (Fsp3) is 0.538. The summed E-state index contributed by atoms with van der Waals surface area (Å²) in [6.45, 7) is 4.89. The molecule has 0 amide bonds. The average molecular weight is 232 g/mol. The third-order valence-corrected chi connectivity index (χ3v) is 3.08. The van der Waals surface area contributed by atoms with Crippen molar-refractivity contribution in [2.24, 2.45) is 12.8 Å². The topological polar surface area (TPSA) is 56.7 Å². The molecule has 0 aliphatic carbocycles. The van der Waals surface area contributed by atoms with Gasteiger partial charge in [-0.1, -0.05) is 13.8 Å². The number of fused-ring (bicyclic) bond motifs is 1. The lowest BCUT2D eigenvalue weighted by Crippen LogP contribution is -2.04. The number of aryl methyl sites for hydroxylation is 3. The second kappa shape index (κ2) is 4.84. The summed E-state index contributed by atoms with van der Waals surface area (Å²) in [5, 5.41) is 1.21. The highest BCUT2D eigenvalue weighted by molar-refractivity contribution is 5.83. The number of rotatable bonds is 4. The van der Waals surface area contributed by atoms with Crippen molar-refractivity contribution in [3.8, 4) is 0 Å². The molecule has 2 N–H and O–H groups in total. The normalized spacial score (nSPS) is 11.3. The minimum atomic E-state index is 0.664. The summed E-state index contributed by atoms with van der Waals surface area (Å²) in [4.78, 5) is 9.24. The number of hydrogen-bond acceptors (Lipinski definition) is 3. The van der Waals surface area contributed by atoms with Crippen molar-refractivity contribution in [2.75, 3.05) is 6.54 Å². The molecule has 0 atom stereocenters. The van der Waals surface area contributed by atoms with Crippen molar-refractivity contribution in [2.45, 2.75) is 33.1 Å². The van der Waals surface area contributed by atoms with Crippen LogP contribution in [0.4, 0.5) is 0 Å². The molecule has 0 aromatic carbocycles. The molecule has 4 nitrogen and oxygen atoms in total. The van der Waals surface area contributed by atoms with Crippen molar-refractivity contribution < 1.29 is 0 Å². The molecule has 0 unspecified atom stereocenters. The van der Waals surface area contributed by atoms with Gasteiger partial charge in [0.05, 0.1) is 5.69 Å². The molecule has 92 valence electrons. The van der Waals surface area contributed by atoms with Crippen LogP contribution in [-0.2, 0) is 26.3 Å². The van der Waals surface area contributed by atoms with Gasteiger partial charge in [-0.3, -0.25) is 0 Å². The maximum atomic E-state index is 5.66. The third kappa shape index (κ3) is 2.05. The highest BCUT2D eigenvalue weighted by atomic mass is 15.0. The lowest BCUT2D eigenvalue weighted by atomic mass is 10.1. The zero-order valence-electron chi connectivity index (χ0n) is 10.8. The Labute approximate surface area is 102 Å². The number of hydrogen-bond donors (Lipinski definition) is 1. The lowest BCUT2D eigenvalue weighted by Gasteiger charge is -2.05. The van der Waals surface area contributed by atoms with Crippen LogP contribution in [-0.4, -0.2) is 21.1 Å².